The van der Waals surface area contributed by atoms with Crippen molar-refractivity contribution >= 4 is 5.91 Å². The van der Waals surface area contributed by atoms with Gasteiger partial charge in [-0.05, 0) is 63.1 Å². The van der Waals surface area contributed by atoms with Crippen LogP contribution in [0.1, 0.15) is 44.6 Å². The molecule has 1 amide bonds. The molecule has 4 heteroatoms. The number of aryl methyl sites for hydroxylation is 1. The molecule has 1 unspecified atom stereocenters. The Kier molecular flexibility index (Phi) is 6.13. The van der Waals surface area contributed by atoms with E-state index in [1.165, 1.54) is 18.4 Å². The molecule has 0 saturated carbocycles. The molecule has 2 aliphatic heterocycles. The largest absolute Gasteiger partial charge is 0.379 e. The van der Waals surface area contributed by atoms with Crippen LogP contribution in [0.2, 0.25) is 0 Å². The van der Waals surface area contributed by atoms with Gasteiger partial charge in [0.15, 0.2) is 5.60 Å². The molecular weight excluding hydrogens is 312 g/mol. The number of nitrogens with zero attached hydrogens (tertiary/aromatic N) is 2. The number of carbonyl (C=O) groups excluding carboxylic acids is 1. The number of rotatable bonds is 6. The summed E-state index contributed by atoms with van der Waals surface area (Å²) in [6.07, 6.45) is 5.78. The number of β-amino-alcohol motifs (C(OH)–C–C–N with tert-alkyl or cyclic N) is 1. The van der Waals surface area contributed by atoms with Crippen molar-refractivity contribution in [2.45, 2.75) is 51.0 Å². The van der Waals surface area contributed by atoms with Crippen LogP contribution in [0.25, 0.3) is 0 Å². The van der Waals surface area contributed by atoms with E-state index in [1.807, 2.05) is 11.0 Å². The summed E-state index contributed by atoms with van der Waals surface area (Å²) in [7, 11) is 0. The Morgan fingerprint density at radius 2 is 1.88 bits per heavy atom. The minimum Gasteiger partial charge on any atom is -0.379 e. The van der Waals surface area contributed by atoms with E-state index in [9.17, 15) is 9.90 Å². The van der Waals surface area contributed by atoms with Gasteiger partial charge in [0, 0.05) is 19.6 Å². The lowest BCUT2D eigenvalue weighted by Gasteiger charge is -2.42. The van der Waals surface area contributed by atoms with E-state index in [2.05, 4.69) is 36.1 Å². The van der Waals surface area contributed by atoms with Crippen molar-refractivity contribution in [1.29, 1.82) is 0 Å². The van der Waals surface area contributed by atoms with Crippen LogP contribution in [-0.4, -0.2) is 59.1 Å². The van der Waals surface area contributed by atoms with Gasteiger partial charge in [-0.2, -0.15) is 0 Å². The maximum absolute atomic E-state index is 12.9. The fourth-order valence-corrected chi connectivity index (χ4v) is 4.13. The molecule has 0 aliphatic carbocycles. The average Bonchev–Trinajstić information content (AvgIpc) is 2.62. The standard InChI is InChI=1S/C21H32N2O2/c1-18-10-15-22(16-11-18)17-21(25)12-6-14-23(20(21)24)13-5-9-19-7-3-2-4-8-19/h2-4,7-8,18,25H,5-6,9-17H2,1H3. The van der Waals surface area contributed by atoms with Crippen LogP contribution < -0.4 is 0 Å². The summed E-state index contributed by atoms with van der Waals surface area (Å²) in [4.78, 5) is 17.0. The highest BCUT2D eigenvalue weighted by Crippen LogP contribution is 2.26. The Morgan fingerprint density at radius 3 is 2.60 bits per heavy atom. The molecule has 0 aromatic heterocycles. The predicted octanol–water partition coefficient (Wildman–Crippen LogP) is 2.70. The van der Waals surface area contributed by atoms with Crippen molar-refractivity contribution < 1.29 is 9.90 Å². The van der Waals surface area contributed by atoms with Crippen molar-refractivity contribution in [3.8, 4) is 0 Å². The highest BCUT2D eigenvalue weighted by molar-refractivity contribution is 5.86. The van der Waals surface area contributed by atoms with Gasteiger partial charge in [-0.15, -0.1) is 0 Å². The van der Waals surface area contributed by atoms with Gasteiger partial charge in [-0.3, -0.25) is 9.69 Å². The van der Waals surface area contributed by atoms with Crippen molar-refractivity contribution in [1.82, 2.24) is 9.80 Å². The zero-order valence-electron chi connectivity index (χ0n) is 15.5. The first-order valence-corrected chi connectivity index (χ1v) is 9.85. The van der Waals surface area contributed by atoms with E-state index < -0.39 is 5.60 Å². The molecule has 138 valence electrons. The second-order valence-electron chi connectivity index (χ2n) is 7.98. The average molecular weight is 344 g/mol. The molecular formula is C21H32N2O2. The van der Waals surface area contributed by atoms with Crippen LogP contribution in [0.15, 0.2) is 30.3 Å². The summed E-state index contributed by atoms with van der Waals surface area (Å²) in [5, 5.41) is 11.0. The lowest BCUT2D eigenvalue weighted by Crippen LogP contribution is -2.59. The second kappa shape index (κ2) is 8.33. The van der Waals surface area contributed by atoms with E-state index in [0.717, 1.165) is 51.4 Å². The quantitative estimate of drug-likeness (QED) is 0.863. The smallest absolute Gasteiger partial charge is 0.255 e. The molecule has 0 radical (unpaired) electrons. The lowest BCUT2D eigenvalue weighted by molar-refractivity contribution is -0.160. The molecule has 1 atom stereocenters. The molecule has 2 heterocycles. The zero-order valence-corrected chi connectivity index (χ0v) is 15.5. The van der Waals surface area contributed by atoms with Crippen LogP contribution in [0.3, 0.4) is 0 Å². The molecule has 2 fully saturated rings. The Labute approximate surface area is 151 Å². The summed E-state index contributed by atoms with van der Waals surface area (Å²) in [6.45, 7) is 6.33. The summed E-state index contributed by atoms with van der Waals surface area (Å²) in [6, 6.07) is 10.4. The minimum absolute atomic E-state index is 0.0505. The van der Waals surface area contributed by atoms with Gasteiger partial charge in [0.1, 0.15) is 0 Å². The number of carbonyl (C=O) groups is 1. The summed E-state index contributed by atoms with van der Waals surface area (Å²) in [5.74, 6) is 0.716. The fourth-order valence-electron chi connectivity index (χ4n) is 4.13. The topological polar surface area (TPSA) is 43.8 Å². The first kappa shape index (κ1) is 18.4. The number of hydrogen-bond donors (Lipinski definition) is 1. The van der Waals surface area contributed by atoms with E-state index in [4.69, 9.17) is 0 Å². The van der Waals surface area contributed by atoms with Crippen LogP contribution in [-0.2, 0) is 11.2 Å². The fraction of sp³-hybridized carbons (Fsp3) is 0.667. The zero-order chi connectivity index (χ0) is 17.7. The number of piperidine rings is 2. The third kappa shape index (κ3) is 4.83. The Hall–Kier alpha value is -1.39. The van der Waals surface area contributed by atoms with Gasteiger partial charge in [-0.25, -0.2) is 0 Å². The maximum atomic E-state index is 12.9. The molecule has 1 N–H and O–H groups in total. The molecule has 0 bridgehead atoms. The molecule has 1 aromatic carbocycles. The number of likely N-dealkylation sites (tertiary alicyclic amines) is 2. The van der Waals surface area contributed by atoms with Crippen LogP contribution in [0, 0.1) is 5.92 Å². The van der Waals surface area contributed by atoms with Crippen molar-refractivity contribution in [2.24, 2.45) is 5.92 Å². The second-order valence-corrected chi connectivity index (χ2v) is 7.98. The Morgan fingerprint density at radius 1 is 1.16 bits per heavy atom. The van der Waals surface area contributed by atoms with Gasteiger partial charge in [0.05, 0.1) is 0 Å². The van der Waals surface area contributed by atoms with Crippen molar-refractivity contribution in [2.75, 3.05) is 32.7 Å². The summed E-state index contributed by atoms with van der Waals surface area (Å²) >= 11 is 0. The van der Waals surface area contributed by atoms with Gasteiger partial charge in [0.25, 0.3) is 5.91 Å². The molecule has 2 saturated heterocycles. The number of hydrogen-bond acceptors (Lipinski definition) is 3. The van der Waals surface area contributed by atoms with Crippen LogP contribution >= 0.6 is 0 Å². The van der Waals surface area contributed by atoms with Gasteiger partial charge >= 0.3 is 0 Å². The maximum Gasteiger partial charge on any atom is 0.255 e. The third-order valence-electron chi connectivity index (χ3n) is 5.80. The van der Waals surface area contributed by atoms with E-state index in [0.29, 0.717) is 13.0 Å². The van der Waals surface area contributed by atoms with Gasteiger partial charge in [0.2, 0.25) is 0 Å². The molecule has 25 heavy (non-hydrogen) atoms. The van der Waals surface area contributed by atoms with Gasteiger partial charge in [-0.1, -0.05) is 37.3 Å². The van der Waals surface area contributed by atoms with Crippen molar-refractivity contribution in [3.63, 3.8) is 0 Å². The molecule has 4 nitrogen and oxygen atoms in total. The van der Waals surface area contributed by atoms with E-state index in [1.54, 1.807) is 0 Å². The lowest BCUT2D eigenvalue weighted by atomic mass is 9.89. The van der Waals surface area contributed by atoms with E-state index >= 15 is 0 Å². The van der Waals surface area contributed by atoms with E-state index in [-0.39, 0.29) is 5.91 Å². The van der Waals surface area contributed by atoms with Crippen LogP contribution in [0.5, 0.6) is 0 Å². The monoisotopic (exact) mass is 344 g/mol. The first-order valence-electron chi connectivity index (χ1n) is 9.85. The number of amides is 1. The first-order chi connectivity index (χ1) is 12.1. The van der Waals surface area contributed by atoms with Crippen LogP contribution in [0.4, 0.5) is 0 Å². The predicted molar refractivity (Wildman–Crippen MR) is 100 cm³/mol. The minimum atomic E-state index is -1.18. The molecule has 1 aromatic rings. The summed E-state index contributed by atoms with van der Waals surface area (Å²) in [5.41, 5.74) is 0.135. The summed E-state index contributed by atoms with van der Waals surface area (Å²) < 4.78 is 0. The highest BCUT2D eigenvalue weighted by atomic mass is 16.3. The Balaban J connectivity index is 1.51. The number of benzene rings is 1. The van der Waals surface area contributed by atoms with Gasteiger partial charge < -0.3 is 10.0 Å². The number of aliphatic hydroxyl groups is 1. The SMILES string of the molecule is CC1CCN(CC2(O)CCCN(CCCc3ccccc3)C2=O)CC1. The molecule has 0 spiro atoms. The molecule has 2 aliphatic rings. The van der Waals surface area contributed by atoms with Crippen molar-refractivity contribution in [3.05, 3.63) is 35.9 Å². The third-order valence-corrected chi connectivity index (χ3v) is 5.80. The molecule has 3 rings (SSSR count). The highest BCUT2D eigenvalue weighted by Gasteiger charge is 2.43. The normalized spacial score (nSPS) is 26.2. The Bertz CT molecular complexity index is 554.